The number of aromatic carboxylic acids is 1. The average molecular weight is 506 g/mol. The number of rotatable bonds is 6. The summed E-state index contributed by atoms with van der Waals surface area (Å²) in [6.45, 7) is 4.81. The second kappa shape index (κ2) is 8.03. The first-order valence-electron chi connectivity index (χ1n) is 5.85. The van der Waals surface area contributed by atoms with Gasteiger partial charge in [-0.15, -0.1) is 6.58 Å². The quantitative estimate of drug-likeness (QED) is 0.362. The number of halogens is 3. The first-order valence-corrected chi connectivity index (χ1v) is 5.85. The predicted octanol–water partition coefficient (Wildman–Crippen LogP) is 3.05. The monoisotopic (exact) mass is 507 g/mol. The first-order chi connectivity index (χ1) is 10.1. The van der Waals surface area contributed by atoms with Crippen LogP contribution in [-0.2, 0) is 26.6 Å². The molecule has 0 saturated heterocycles. The van der Waals surface area contributed by atoms with Crippen LogP contribution in [0.15, 0.2) is 18.7 Å². The number of nitro groups is 1. The Bertz CT molecular complexity index is 621. The molecule has 0 fully saturated rings. The van der Waals surface area contributed by atoms with E-state index in [-0.39, 0.29) is 32.9 Å². The SMILES string of the molecule is C=CCC(C)Oc1nc(C(=O)O)c([N+](=O)[O-])cc1C(F)(F)F.[Re]. The molecule has 0 bridgehead atoms. The molecule has 0 aliphatic heterocycles. The number of hydrogen-bond acceptors (Lipinski definition) is 5. The molecule has 23 heavy (non-hydrogen) atoms. The fraction of sp³-hybridized carbons (Fsp3) is 0.333. The van der Waals surface area contributed by atoms with Gasteiger partial charge in [-0.25, -0.2) is 4.79 Å². The summed E-state index contributed by atoms with van der Waals surface area (Å²) in [6.07, 6.45) is -4.19. The third kappa shape index (κ3) is 5.30. The van der Waals surface area contributed by atoms with Crippen LogP contribution in [-0.4, -0.2) is 27.1 Å². The van der Waals surface area contributed by atoms with Crippen molar-refractivity contribution in [3.8, 4) is 5.88 Å². The number of hydrogen-bond donors (Lipinski definition) is 1. The minimum Gasteiger partial charge on any atom is -0.476 e. The van der Waals surface area contributed by atoms with E-state index in [1.807, 2.05) is 0 Å². The number of pyridine rings is 1. The summed E-state index contributed by atoms with van der Waals surface area (Å²) < 4.78 is 43.8. The zero-order valence-corrected chi connectivity index (χ0v) is 14.3. The van der Waals surface area contributed by atoms with Crippen molar-refractivity contribution >= 4 is 11.7 Å². The Morgan fingerprint density at radius 2 is 2.17 bits per heavy atom. The fourth-order valence-electron chi connectivity index (χ4n) is 1.55. The van der Waals surface area contributed by atoms with Gasteiger partial charge in [-0.2, -0.15) is 18.2 Å². The normalized spacial score (nSPS) is 12.0. The molecule has 1 N–H and O–H groups in total. The van der Waals surface area contributed by atoms with Crippen molar-refractivity contribution in [1.29, 1.82) is 0 Å². The summed E-state index contributed by atoms with van der Waals surface area (Å²) in [5.74, 6) is -2.86. The minimum absolute atomic E-state index is 0. The van der Waals surface area contributed by atoms with Gasteiger partial charge in [0, 0.05) is 32.9 Å². The molecule has 1 aromatic rings. The fourth-order valence-corrected chi connectivity index (χ4v) is 1.55. The van der Waals surface area contributed by atoms with Gasteiger partial charge >= 0.3 is 17.8 Å². The van der Waals surface area contributed by atoms with E-state index in [1.54, 1.807) is 0 Å². The van der Waals surface area contributed by atoms with Gasteiger partial charge in [0.15, 0.2) is 0 Å². The Morgan fingerprint density at radius 3 is 2.57 bits per heavy atom. The van der Waals surface area contributed by atoms with Gasteiger partial charge in [-0.05, 0) is 6.92 Å². The molecule has 0 aromatic carbocycles. The maximum absolute atomic E-state index is 13.0. The van der Waals surface area contributed by atoms with Crippen molar-refractivity contribution in [1.82, 2.24) is 4.98 Å². The van der Waals surface area contributed by atoms with Gasteiger partial charge < -0.3 is 9.84 Å². The molecule has 7 nitrogen and oxygen atoms in total. The topological polar surface area (TPSA) is 103 Å². The third-order valence-corrected chi connectivity index (χ3v) is 2.48. The van der Waals surface area contributed by atoms with Crippen LogP contribution in [0.25, 0.3) is 0 Å². The Morgan fingerprint density at radius 1 is 1.61 bits per heavy atom. The van der Waals surface area contributed by atoms with Crippen molar-refractivity contribution < 1.29 is 53.2 Å². The molecule has 0 amide bonds. The number of nitrogens with zero attached hydrogens (tertiary/aromatic N) is 2. The summed E-state index contributed by atoms with van der Waals surface area (Å²) in [5.41, 5.74) is -3.90. The molecule has 0 spiro atoms. The second-order valence-electron chi connectivity index (χ2n) is 4.22. The predicted molar refractivity (Wildman–Crippen MR) is 67.8 cm³/mol. The molecule has 1 aromatic heterocycles. The van der Waals surface area contributed by atoms with Crippen LogP contribution in [0.5, 0.6) is 5.88 Å². The molecule has 0 saturated carbocycles. The van der Waals surface area contributed by atoms with Gasteiger partial charge in [-0.3, -0.25) is 10.1 Å². The van der Waals surface area contributed by atoms with Gasteiger partial charge in [0.1, 0.15) is 11.7 Å². The van der Waals surface area contributed by atoms with Crippen molar-refractivity contribution in [2.75, 3.05) is 0 Å². The zero-order chi connectivity index (χ0) is 17.1. The largest absolute Gasteiger partial charge is 0.476 e. The Labute approximate surface area is 142 Å². The van der Waals surface area contributed by atoms with Crippen LogP contribution < -0.4 is 4.74 Å². The molecular weight excluding hydrogens is 495 g/mol. The molecule has 1 atom stereocenters. The van der Waals surface area contributed by atoms with E-state index in [4.69, 9.17) is 9.84 Å². The molecule has 0 aliphatic carbocycles. The molecule has 1 heterocycles. The number of ether oxygens (including phenoxy) is 1. The molecular formula is C12H11F3N2O5Re. The molecule has 127 valence electrons. The van der Waals surface area contributed by atoms with Gasteiger partial charge in [0.25, 0.3) is 0 Å². The van der Waals surface area contributed by atoms with Gasteiger partial charge in [0.05, 0.1) is 4.92 Å². The second-order valence-corrected chi connectivity index (χ2v) is 4.22. The Kier molecular flexibility index (Phi) is 7.34. The standard InChI is InChI=1S/C12H11F3N2O5.Re/c1-3-4-6(2)22-10-7(12(13,14)15)5-8(17(20)21)9(16-10)11(18)19;/h3,5-6H,1,4H2,2H3,(H,18,19);. The number of alkyl halides is 3. The maximum atomic E-state index is 13.0. The number of carboxylic acid groups (broad SMARTS) is 1. The summed E-state index contributed by atoms with van der Waals surface area (Å²) in [6, 6.07) is 0.104. The zero-order valence-electron chi connectivity index (χ0n) is 11.6. The summed E-state index contributed by atoms with van der Waals surface area (Å²) >= 11 is 0. The van der Waals surface area contributed by atoms with Gasteiger partial charge in [0.2, 0.25) is 11.6 Å². The number of aromatic nitrogens is 1. The number of carboxylic acids is 1. The molecule has 1 unspecified atom stereocenters. The minimum atomic E-state index is -4.99. The van der Waals surface area contributed by atoms with Gasteiger partial charge in [-0.1, -0.05) is 6.08 Å². The van der Waals surface area contributed by atoms with Crippen LogP contribution in [0.2, 0.25) is 0 Å². The summed E-state index contributed by atoms with van der Waals surface area (Å²) in [5, 5.41) is 19.6. The van der Waals surface area contributed by atoms with E-state index in [0.29, 0.717) is 0 Å². The summed E-state index contributed by atoms with van der Waals surface area (Å²) in [7, 11) is 0. The van der Waals surface area contributed by atoms with Crippen LogP contribution in [0.4, 0.5) is 18.9 Å². The molecule has 1 radical (unpaired) electrons. The van der Waals surface area contributed by atoms with Crippen LogP contribution >= 0.6 is 0 Å². The van der Waals surface area contributed by atoms with E-state index >= 15 is 0 Å². The smallest absolute Gasteiger partial charge is 0.421 e. The van der Waals surface area contributed by atoms with E-state index in [2.05, 4.69) is 11.6 Å². The van der Waals surface area contributed by atoms with Crippen LogP contribution in [0.3, 0.4) is 0 Å². The van der Waals surface area contributed by atoms with E-state index in [9.17, 15) is 28.1 Å². The molecule has 0 aliphatic rings. The van der Waals surface area contributed by atoms with Crippen molar-refractivity contribution in [2.45, 2.75) is 25.6 Å². The molecule has 1 rings (SSSR count). The van der Waals surface area contributed by atoms with Crippen molar-refractivity contribution in [3.05, 3.63) is 40.1 Å². The van der Waals surface area contributed by atoms with E-state index < -0.39 is 46.0 Å². The maximum Gasteiger partial charge on any atom is 0.421 e. The van der Waals surface area contributed by atoms with E-state index in [0.717, 1.165) is 0 Å². The number of carbonyl (C=O) groups is 1. The first kappa shape index (κ1) is 21.0. The summed E-state index contributed by atoms with van der Waals surface area (Å²) in [4.78, 5) is 23.6. The average Bonchev–Trinajstić information content (AvgIpc) is 2.36. The molecule has 11 heteroatoms. The van der Waals surface area contributed by atoms with Crippen LogP contribution in [0.1, 0.15) is 29.4 Å². The van der Waals surface area contributed by atoms with Crippen molar-refractivity contribution in [2.24, 2.45) is 0 Å². The van der Waals surface area contributed by atoms with Crippen LogP contribution in [0, 0.1) is 10.1 Å². The van der Waals surface area contributed by atoms with E-state index in [1.165, 1.54) is 13.0 Å². The Balaban J connectivity index is 0.00000484. The Hall–Kier alpha value is -1.99. The third-order valence-electron chi connectivity index (χ3n) is 2.48. The van der Waals surface area contributed by atoms with Crippen molar-refractivity contribution in [3.63, 3.8) is 0 Å².